The Balaban J connectivity index is 1.69. The molecule has 0 spiro atoms. The lowest BCUT2D eigenvalue weighted by molar-refractivity contribution is -0.127. The van der Waals surface area contributed by atoms with Gasteiger partial charge in [0.05, 0.1) is 11.6 Å². The minimum atomic E-state index is -0.597. The first-order valence-electron chi connectivity index (χ1n) is 5.97. The Morgan fingerprint density at radius 2 is 2.26 bits per heavy atom. The topological polar surface area (TPSA) is 66.9 Å². The van der Waals surface area contributed by atoms with Crippen molar-refractivity contribution in [1.29, 1.82) is 0 Å². The first kappa shape index (κ1) is 12.2. The molecule has 3 heterocycles. The Morgan fingerprint density at radius 3 is 2.89 bits per heavy atom. The van der Waals surface area contributed by atoms with E-state index in [1.54, 1.807) is 16.3 Å². The van der Waals surface area contributed by atoms with Crippen LogP contribution >= 0.6 is 11.3 Å². The van der Waals surface area contributed by atoms with Crippen molar-refractivity contribution < 1.29 is 19.1 Å². The summed E-state index contributed by atoms with van der Waals surface area (Å²) < 4.78 is 4.69. The van der Waals surface area contributed by atoms with Crippen molar-refractivity contribution in [3.05, 3.63) is 22.4 Å². The zero-order valence-electron chi connectivity index (χ0n) is 10.1. The van der Waals surface area contributed by atoms with Gasteiger partial charge in [-0.2, -0.15) is 11.3 Å². The number of ether oxygens (including phenoxy) is 1. The zero-order valence-corrected chi connectivity index (χ0v) is 10.9. The molecule has 2 aliphatic heterocycles. The smallest absolute Gasteiger partial charge is 0.417 e. The summed E-state index contributed by atoms with van der Waals surface area (Å²) in [6.45, 7) is 0.750. The molecule has 0 aliphatic carbocycles. The number of nitrogens with zero attached hydrogens (tertiary/aromatic N) is 2. The first-order valence-corrected chi connectivity index (χ1v) is 6.91. The Hall–Kier alpha value is -1.89. The number of imide groups is 1. The lowest BCUT2D eigenvalue weighted by Gasteiger charge is -2.20. The molecule has 1 unspecified atom stereocenters. The van der Waals surface area contributed by atoms with E-state index < -0.39 is 6.09 Å². The molecule has 3 rings (SSSR count). The van der Waals surface area contributed by atoms with Crippen molar-refractivity contribution in [2.24, 2.45) is 0 Å². The molecule has 19 heavy (non-hydrogen) atoms. The maximum absolute atomic E-state index is 12.1. The second kappa shape index (κ2) is 4.65. The Kier molecular flexibility index (Phi) is 2.98. The van der Waals surface area contributed by atoms with E-state index in [4.69, 9.17) is 4.74 Å². The molecule has 7 heteroatoms. The normalized spacial score (nSPS) is 23.1. The molecule has 0 N–H and O–H groups in total. The number of thiophene rings is 1. The summed E-state index contributed by atoms with van der Waals surface area (Å²) in [5, 5.41) is 3.65. The van der Waals surface area contributed by atoms with E-state index in [0.717, 1.165) is 4.90 Å². The molecule has 6 nitrogen and oxygen atoms in total. The molecular formula is C12H12N2O4S. The number of cyclic esters (lactones) is 1. The van der Waals surface area contributed by atoms with Crippen LogP contribution in [-0.2, 0) is 9.53 Å². The fourth-order valence-corrected chi connectivity index (χ4v) is 3.05. The second-order valence-electron chi connectivity index (χ2n) is 4.52. The van der Waals surface area contributed by atoms with Gasteiger partial charge in [-0.3, -0.25) is 9.59 Å². The standard InChI is InChI=1S/C12H12N2O4S/c15-10-6-18-12(17)14(10)9-1-3-13(5-9)11(16)8-2-4-19-7-8/h2,4,7,9H,1,3,5-6H2. The Labute approximate surface area is 113 Å². The van der Waals surface area contributed by atoms with E-state index in [1.807, 2.05) is 5.38 Å². The SMILES string of the molecule is O=C(c1ccsc1)N1CCC(N2C(=O)COC2=O)C1. The largest absolute Gasteiger partial charge is 0.439 e. The highest BCUT2D eigenvalue weighted by atomic mass is 32.1. The molecule has 2 fully saturated rings. The fourth-order valence-electron chi connectivity index (χ4n) is 2.42. The van der Waals surface area contributed by atoms with E-state index in [0.29, 0.717) is 25.1 Å². The summed E-state index contributed by atoms with van der Waals surface area (Å²) >= 11 is 1.47. The summed E-state index contributed by atoms with van der Waals surface area (Å²) in [4.78, 5) is 38.0. The van der Waals surface area contributed by atoms with Gasteiger partial charge in [0.2, 0.25) is 0 Å². The Morgan fingerprint density at radius 1 is 1.42 bits per heavy atom. The van der Waals surface area contributed by atoms with Crippen molar-refractivity contribution in [1.82, 2.24) is 9.80 Å². The Bertz CT molecular complexity index is 512. The van der Waals surface area contributed by atoms with E-state index in [2.05, 4.69) is 0 Å². The van der Waals surface area contributed by atoms with E-state index >= 15 is 0 Å². The average Bonchev–Trinajstić information content (AvgIpc) is 3.10. The van der Waals surface area contributed by atoms with Gasteiger partial charge in [-0.1, -0.05) is 0 Å². The number of likely N-dealkylation sites (tertiary alicyclic amines) is 1. The molecule has 3 amide bonds. The predicted octanol–water partition coefficient (Wildman–Crippen LogP) is 0.941. The molecule has 0 bridgehead atoms. The lowest BCUT2D eigenvalue weighted by atomic mass is 10.2. The number of rotatable bonds is 2. The molecule has 0 saturated carbocycles. The van der Waals surface area contributed by atoms with Gasteiger partial charge in [-0.25, -0.2) is 9.69 Å². The third-order valence-electron chi connectivity index (χ3n) is 3.37. The van der Waals surface area contributed by atoms with Crippen LogP contribution in [0.5, 0.6) is 0 Å². The van der Waals surface area contributed by atoms with Gasteiger partial charge in [-0.15, -0.1) is 0 Å². The van der Waals surface area contributed by atoms with Crippen molar-refractivity contribution in [2.45, 2.75) is 12.5 Å². The minimum absolute atomic E-state index is 0.0521. The predicted molar refractivity (Wildman–Crippen MR) is 66.8 cm³/mol. The second-order valence-corrected chi connectivity index (χ2v) is 5.30. The summed E-state index contributed by atoms with van der Waals surface area (Å²) in [5.41, 5.74) is 0.654. The van der Waals surface area contributed by atoms with Crippen molar-refractivity contribution >= 4 is 29.2 Å². The van der Waals surface area contributed by atoms with Gasteiger partial charge >= 0.3 is 6.09 Å². The van der Waals surface area contributed by atoms with E-state index in [-0.39, 0.29) is 24.5 Å². The molecular weight excluding hydrogens is 268 g/mol. The van der Waals surface area contributed by atoms with Gasteiger partial charge in [0.1, 0.15) is 0 Å². The number of carbonyl (C=O) groups excluding carboxylic acids is 3. The molecule has 0 aromatic carbocycles. The molecule has 0 radical (unpaired) electrons. The van der Waals surface area contributed by atoms with Crippen molar-refractivity contribution in [3.8, 4) is 0 Å². The third kappa shape index (κ3) is 2.10. The van der Waals surface area contributed by atoms with Crippen LogP contribution in [0.2, 0.25) is 0 Å². The first-order chi connectivity index (χ1) is 9.16. The molecule has 1 atom stereocenters. The van der Waals surface area contributed by atoms with Crippen LogP contribution in [0.25, 0.3) is 0 Å². The monoisotopic (exact) mass is 280 g/mol. The van der Waals surface area contributed by atoms with Crippen LogP contribution in [0.1, 0.15) is 16.8 Å². The molecule has 1 aromatic rings. The summed E-state index contributed by atoms with van der Waals surface area (Å²) in [7, 11) is 0. The van der Waals surface area contributed by atoms with Crippen LogP contribution < -0.4 is 0 Å². The minimum Gasteiger partial charge on any atom is -0.439 e. The maximum atomic E-state index is 12.1. The quantitative estimate of drug-likeness (QED) is 0.808. The van der Waals surface area contributed by atoms with Crippen LogP contribution in [-0.4, -0.2) is 53.4 Å². The maximum Gasteiger partial charge on any atom is 0.417 e. The van der Waals surface area contributed by atoms with Crippen LogP contribution in [0.4, 0.5) is 4.79 Å². The highest BCUT2D eigenvalue weighted by Gasteiger charge is 2.41. The highest BCUT2D eigenvalue weighted by Crippen LogP contribution is 2.22. The van der Waals surface area contributed by atoms with Gasteiger partial charge < -0.3 is 9.64 Å². The number of hydrogen-bond donors (Lipinski definition) is 0. The number of amides is 3. The lowest BCUT2D eigenvalue weighted by Crippen LogP contribution is -2.41. The average molecular weight is 280 g/mol. The van der Waals surface area contributed by atoms with Crippen LogP contribution in [0.15, 0.2) is 16.8 Å². The van der Waals surface area contributed by atoms with Gasteiger partial charge in [-0.05, 0) is 17.9 Å². The third-order valence-corrected chi connectivity index (χ3v) is 4.05. The van der Waals surface area contributed by atoms with Gasteiger partial charge in [0, 0.05) is 18.5 Å². The van der Waals surface area contributed by atoms with E-state index in [9.17, 15) is 14.4 Å². The highest BCUT2D eigenvalue weighted by molar-refractivity contribution is 7.08. The van der Waals surface area contributed by atoms with Gasteiger partial charge in [0.25, 0.3) is 11.8 Å². The molecule has 1 aromatic heterocycles. The number of carbonyl (C=O) groups is 3. The molecule has 100 valence electrons. The number of hydrogen-bond acceptors (Lipinski definition) is 5. The summed E-state index contributed by atoms with van der Waals surface area (Å²) in [6, 6.07) is 1.51. The van der Waals surface area contributed by atoms with Crippen LogP contribution in [0.3, 0.4) is 0 Å². The summed E-state index contributed by atoms with van der Waals surface area (Å²) in [5.74, 6) is -0.372. The summed E-state index contributed by atoms with van der Waals surface area (Å²) in [6.07, 6.45) is 0.0105. The van der Waals surface area contributed by atoms with Gasteiger partial charge in [0.15, 0.2) is 6.61 Å². The zero-order chi connectivity index (χ0) is 13.4. The fraction of sp³-hybridized carbons (Fsp3) is 0.417. The van der Waals surface area contributed by atoms with Crippen molar-refractivity contribution in [3.63, 3.8) is 0 Å². The van der Waals surface area contributed by atoms with Crippen molar-refractivity contribution in [2.75, 3.05) is 19.7 Å². The molecule has 2 aliphatic rings. The van der Waals surface area contributed by atoms with E-state index in [1.165, 1.54) is 11.3 Å². The van der Waals surface area contributed by atoms with Crippen LogP contribution in [0, 0.1) is 0 Å². The molecule has 2 saturated heterocycles.